The molecule has 1 unspecified atom stereocenters. The second kappa shape index (κ2) is 8.41. The van der Waals surface area contributed by atoms with Crippen molar-refractivity contribution in [1.29, 1.82) is 0 Å². The topological polar surface area (TPSA) is 51.2 Å². The third-order valence-corrected chi connectivity index (χ3v) is 4.31. The van der Waals surface area contributed by atoms with Crippen LogP contribution in [-0.2, 0) is 9.53 Å². The zero-order valence-corrected chi connectivity index (χ0v) is 13.6. The molecule has 1 N–H and O–H groups in total. The van der Waals surface area contributed by atoms with Crippen molar-refractivity contribution in [2.75, 3.05) is 13.2 Å². The molecular formula is C20H22N2O2. The fourth-order valence-electron chi connectivity index (χ4n) is 3.02. The van der Waals surface area contributed by atoms with E-state index in [-0.39, 0.29) is 11.9 Å². The Morgan fingerprint density at radius 1 is 1.17 bits per heavy atom. The highest BCUT2D eigenvalue weighted by Crippen LogP contribution is 2.29. The van der Waals surface area contributed by atoms with Crippen LogP contribution in [0.2, 0.25) is 0 Å². The van der Waals surface area contributed by atoms with E-state index in [0.717, 1.165) is 37.2 Å². The molecule has 1 saturated heterocycles. The monoisotopic (exact) mass is 322 g/mol. The van der Waals surface area contributed by atoms with Gasteiger partial charge in [0.2, 0.25) is 5.91 Å². The van der Waals surface area contributed by atoms with Gasteiger partial charge in [0.05, 0.1) is 6.04 Å². The minimum atomic E-state index is -0.0841. The molecule has 124 valence electrons. The summed E-state index contributed by atoms with van der Waals surface area (Å²) in [6.45, 7) is 1.49. The molecule has 1 aromatic carbocycles. The summed E-state index contributed by atoms with van der Waals surface area (Å²) < 4.78 is 5.45. The molecule has 1 aliphatic heterocycles. The zero-order chi connectivity index (χ0) is 16.6. The Balaban J connectivity index is 1.71. The maximum Gasteiger partial charge on any atom is 0.244 e. The van der Waals surface area contributed by atoms with Crippen molar-refractivity contribution in [3.05, 3.63) is 72.1 Å². The molecule has 1 aliphatic rings. The van der Waals surface area contributed by atoms with Crippen LogP contribution in [0.4, 0.5) is 0 Å². The number of amides is 1. The largest absolute Gasteiger partial charge is 0.381 e. The molecule has 2 aromatic rings. The average molecular weight is 322 g/mol. The van der Waals surface area contributed by atoms with E-state index in [1.54, 1.807) is 12.3 Å². The Morgan fingerprint density at radius 3 is 2.67 bits per heavy atom. The molecule has 1 fully saturated rings. The molecule has 1 atom stereocenters. The van der Waals surface area contributed by atoms with Crippen molar-refractivity contribution in [2.45, 2.75) is 18.9 Å². The molecule has 0 aliphatic carbocycles. The van der Waals surface area contributed by atoms with E-state index in [4.69, 9.17) is 4.74 Å². The van der Waals surface area contributed by atoms with Crippen molar-refractivity contribution in [1.82, 2.24) is 10.3 Å². The number of benzene rings is 1. The van der Waals surface area contributed by atoms with Gasteiger partial charge < -0.3 is 10.1 Å². The standard InChI is InChI=1S/C20H22N2O2/c23-19(9-8-16-5-2-1-3-6-16)22-20(17-10-13-24-14-11-17)18-7-4-12-21-15-18/h1-9,12,15,17,20H,10-11,13-14H2,(H,22,23). The first-order chi connectivity index (χ1) is 11.8. The SMILES string of the molecule is O=C(C=Cc1ccccc1)NC(c1cccnc1)C1CCOCC1. The molecule has 0 radical (unpaired) electrons. The summed E-state index contributed by atoms with van der Waals surface area (Å²) in [5.41, 5.74) is 2.06. The smallest absolute Gasteiger partial charge is 0.244 e. The number of hydrogen-bond acceptors (Lipinski definition) is 3. The van der Waals surface area contributed by atoms with Crippen molar-refractivity contribution in [3.63, 3.8) is 0 Å². The van der Waals surface area contributed by atoms with E-state index < -0.39 is 0 Å². The quantitative estimate of drug-likeness (QED) is 0.859. The van der Waals surface area contributed by atoms with E-state index in [0.29, 0.717) is 5.92 Å². The van der Waals surface area contributed by atoms with Crippen molar-refractivity contribution in [3.8, 4) is 0 Å². The Hall–Kier alpha value is -2.46. The Labute approximate surface area is 142 Å². The molecule has 0 saturated carbocycles. The van der Waals surface area contributed by atoms with Gasteiger partial charge in [-0.05, 0) is 42.0 Å². The van der Waals surface area contributed by atoms with Crippen LogP contribution in [0, 0.1) is 5.92 Å². The van der Waals surface area contributed by atoms with Crippen LogP contribution in [0.15, 0.2) is 60.9 Å². The number of rotatable bonds is 5. The van der Waals surface area contributed by atoms with Crippen LogP contribution in [0.3, 0.4) is 0 Å². The molecule has 0 spiro atoms. The molecule has 0 bridgehead atoms. The van der Waals surface area contributed by atoms with Crippen LogP contribution in [0.1, 0.15) is 30.0 Å². The number of ether oxygens (including phenoxy) is 1. The molecular weight excluding hydrogens is 300 g/mol. The van der Waals surface area contributed by atoms with Gasteiger partial charge in [-0.15, -0.1) is 0 Å². The molecule has 24 heavy (non-hydrogen) atoms. The predicted octanol–water partition coefficient (Wildman–Crippen LogP) is 3.38. The highest BCUT2D eigenvalue weighted by molar-refractivity contribution is 5.92. The van der Waals surface area contributed by atoms with Crippen LogP contribution < -0.4 is 5.32 Å². The van der Waals surface area contributed by atoms with Crippen molar-refractivity contribution in [2.24, 2.45) is 5.92 Å². The molecule has 1 amide bonds. The van der Waals surface area contributed by atoms with Gasteiger partial charge in [-0.2, -0.15) is 0 Å². The highest BCUT2D eigenvalue weighted by atomic mass is 16.5. The van der Waals surface area contributed by atoms with Gasteiger partial charge in [0, 0.05) is 31.7 Å². The average Bonchev–Trinajstić information content (AvgIpc) is 2.67. The van der Waals surface area contributed by atoms with Crippen molar-refractivity contribution < 1.29 is 9.53 Å². The van der Waals surface area contributed by atoms with E-state index in [9.17, 15) is 4.79 Å². The fraction of sp³-hybridized carbons (Fsp3) is 0.300. The third-order valence-electron chi connectivity index (χ3n) is 4.31. The second-order valence-electron chi connectivity index (χ2n) is 5.97. The van der Waals surface area contributed by atoms with Gasteiger partial charge >= 0.3 is 0 Å². The molecule has 2 heterocycles. The number of hydrogen-bond donors (Lipinski definition) is 1. The fourth-order valence-corrected chi connectivity index (χ4v) is 3.02. The van der Waals surface area contributed by atoms with Crippen molar-refractivity contribution >= 4 is 12.0 Å². The van der Waals surface area contributed by atoms with Gasteiger partial charge in [-0.1, -0.05) is 36.4 Å². The maximum absolute atomic E-state index is 12.4. The van der Waals surface area contributed by atoms with E-state index in [1.165, 1.54) is 0 Å². The third kappa shape index (κ3) is 4.52. The Kier molecular flexibility index (Phi) is 5.75. The van der Waals surface area contributed by atoms with E-state index >= 15 is 0 Å². The minimum absolute atomic E-state index is 0.0319. The first-order valence-electron chi connectivity index (χ1n) is 8.34. The normalized spacial score (nSPS) is 16.8. The number of carbonyl (C=O) groups is 1. The van der Waals surface area contributed by atoms with Crippen LogP contribution >= 0.6 is 0 Å². The second-order valence-corrected chi connectivity index (χ2v) is 5.97. The minimum Gasteiger partial charge on any atom is -0.381 e. The Bertz CT molecular complexity index is 665. The van der Waals surface area contributed by atoms with Crippen LogP contribution in [-0.4, -0.2) is 24.1 Å². The lowest BCUT2D eigenvalue weighted by Gasteiger charge is -2.30. The van der Waals surface area contributed by atoms with Crippen LogP contribution in [0.5, 0.6) is 0 Å². The van der Waals surface area contributed by atoms with Gasteiger partial charge in [-0.3, -0.25) is 9.78 Å². The van der Waals surface area contributed by atoms with Gasteiger partial charge in [0.15, 0.2) is 0 Å². The maximum atomic E-state index is 12.4. The number of pyridine rings is 1. The summed E-state index contributed by atoms with van der Waals surface area (Å²) in [5, 5.41) is 3.15. The first kappa shape index (κ1) is 16.4. The summed E-state index contributed by atoms with van der Waals surface area (Å²) in [5.74, 6) is 0.288. The summed E-state index contributed by atoms with van der Waals surface area (Å²) in [7, 11) is 0. The van der Waals surface area contributed by atoms with Gasteiger partial charge in [0.25, 0.3) is 0 Å². The van der Waals surface area contributed by atoms with E-state index in [2.05, 4.69) is 10.3 Å². The zero-order valence-electron chi connectivity index (χ0n) is 13.6. The summed E-state index contributed by atoms with van der Waals surface area (Å²) >= 11 is 0. The molecule has 1 aromatic heterocycles. The van der Waals surface area contributed by atoms with Gasteiger partial charge in [-0.25, -0.2) is 0 Å². The lowest BCUT2D eigenvalue weighted by molar-refractivity contribution is -0.117. The van der Waals surface area contributed by atoms with Crippen LogP contribution in [0.25, 0.3) is 6.08 Å². The number of nitrogens with zero attached hydrogens (tertiary/aromatic N) is 1. The molecule has 4 nitrogen and oxygen atoms in total. The number of aromatic nitrogens is 1. The summed E-state index contributed by atoms with van der Waals surface area (Å²) in [4.78, 5) is 16.6. The molecule has 4 heteroatoms. The Morgan fingerprint density at radius 2 is 1.96 bits per heavy atom. The number of nitrogens with one attached hydrogen (secondary N) is 1. The van der Waals surface area contributed by atoms with E-state index in [1.807, 2.05) is 54.7 Å². The number of carbonyl (C=O) groups excluding carboxylic acids is 1. The lowest BCUT2D eigenvalue weighted by atomic mass is 9.87. The first-order valence-corrected chi connectivity index (χ1v) is 8.34. The lowest BCUT2D eigenvalue weighted by Crippen LogP contribution is -2.35. The highest BCUT2D eigenvalue weighted by Gasteiger charge is 2.26. The molecule has 3 rings (SSSR count). The summed E-state index contributed by atoms with van der Waals surface area (Å²) in [6.07, 6.45) is 8.91. The van der Waals surface area contributed by atoms with Gasteiger partial charge in [0.1, 0.15) is 0 Å². The summed E-state index contributed by atoms with van der Waals surface area (Å²) in [6, 6.07) is 13.7. The predicted molar refractivity (Wildman–Crippen MR) is 94.1 cm³/mol.